The number of benzene rings is 2. The molecule has 0 saturated heterocycles. The first-order valence-corrected chi connectivity index (χ1v) is 11.1. The lowest BCUT2D eigenvalue weighted by atomic mass is 10.1. The highest BCUT2D eigenvalue weighted by Gasteiger charge is 2.21. The largest absolute Gasteiger partial charge is 0.337 e. The Morgan fingerprint density at radius 1 is 1.13 bits per heavy atom. The van der Waals surface area contributed by atoms with Gasteiger partial charge in [0.05, 0.1) is 16.5 Å². The Morgan fingerprint density at radius 2 is 1.93 bits per heavy atom. The smallest absolute Gasteiger partial charge is 0.260 e. The fourth-order valence-electron chi connectivity index (χ4n) is 3.66. The topological polar surface area (TPSA) is 51.0 Å². The van der Waals surface area contributed by atoms with Crippen LogP contribution in [0, 0.1) is 13.8 Å². The second kappa shape index (κ2) is 8.79. The van der Waals surface area contributed by atoms with Crippen molar-refractivity contribution in [1.29, 1.82) is 0 Å². The molecular formula is C24H26N4OS. The SMILES string of the molecule is CCc1ccc2nc(N(CCCn3ccnc3)C(=O)c3cc(C)cc(C)c3)sc2c1. The van der Waals surface area contributed by atoms with Gasteiger partial charge in [0.2, 0.25) is 0 Å². The van der Waals surface area contributed by atoms with Crippen molar-refractivity contribution in [2.75, 3.05) is 11.4 Å². The average molecular weight is 419 g/mol. The van der Waals surface area contributed by atoms with Crippen LogP contribution >= 0.6 is 11.3 Å². The Hall–Kier alpha value is -2.99. The molecule has 0 fully saturated rings. The maximum absolute atomic E-state index is 13.5. The lowest BCUT2D eigenvalue weighted by Crippen LogP contribution is -2.32. The first-order chi connectivity index (χ1) is 14.5. The summed E-state index contributed by atoms with van der Waals surface area (Å²) >= 11 is 1.59. The predicted molar refractivity (Wildman–Crippen MR) is 123 cm³/mol. The maximum atomic E-state index is 13.5. The number of rotatable bonds is 7. The average Bonchev–Trinajstić information content (AvgIpc) is 3.39. The van der Waals surface area contributed by atoms with Crippen LogP contribution < -0.4 is 4.90 Å². The molecule has 0 saturated carbocycles. The van der Waals surface area contributed by atoms with Crippen LogP contribution in [-0.4, -0.2) is 27.0 Å². The molecule has 0 radical (unpaired) electrons. The summed E-state index contributed by atoms with van der Waals surface area (Å²) in [5, 5.41) is 0.757. The standard InChI is InChI=1S/C24H26N4OS/c1-4-19-6-7-21-22(15-19)30-24(26-21)28(10-5-9-27-11-8-25-16-27)23(29)20-13-17(2)12-18(3)14-20/h6-8,11-16H,4-5,9-10H2,1-3H3. The van der Waals surface area contributed by atoms with E-state index in [-0.39, 0.29) is 5.91 Å². The van der Waals surface area contributed by atoms with Crippen LogP contribution in [0.5, 0.6) is 0 Å². The van der Waals surface area contributed by atoms with Crippen LogP contribution in [0.15, 0.2) is 55.1 Å². The van der Waals surface area contributed by atoms with Gasteiger partial charge >= 0.3 is 0 Å². The second-order valence-electron chi connectivity index (χ2n) is 7.64. The van der Waals surface area contributed by atoms with Crippen LogP contribution in [0.2, 0.25) is 0 Å². The van der Waals surface area contributed by atoms with Crippen molar-refractivity contribution in [3.05, 3.63) is 77.4 Å². The molecule has 2 heterocycles. The molecule has 0 spiro atoms. The molecular weight excluding hydrogens is 392 g/mol. The van der Waals surface area contributed by atoms with E-state index >= 15 is 0 Å². The lowest BCUT2D eigenvalue weighted by Gasteiger charge is -2.20. The predicted octanol–water partition coefficient (Wildman–Crippen LogP) is 5.41. The molecule has 2 aromatic heterocycles. The van der Waals surface area contributed by atoms with E-state index in [1.54, 1.807) is 23.9 Å². The molecule has 2 aromatic carbocycles. The van der Waals surface area contributed by atoms with E-state index in [4.69, 9.17) is 4.98 Å². The molecule has 4 aromatic rings. The molecule has 0 aliphatic heterocycles. The number of aromatic nitrogens is 3. The Labute approximate surface area is 181 Å². The molecule has 0 bridgehead atoms. The first-order valence-electron chi connectivity index (χ1n) is 10.3. The number of thiazole rings is 1. The minimum Gasteiger partial charge on any atom is -0.337 e. The molecule has 5 nitrogen and oxygen atoms in total. The fourth-order valence-corrected chi connectivity index (χ4v) is 4.71. The molecule has 1 amide bonds. The summed E-state index contributed by atoms with van der Waals surface area (Å²) in [6, 6.07) is 12.4. The third kappa shape index (κ3) is 4.44. The third-order valence-electron chi connectivity index (χ3n) is 5.15. The molecule has 0 atom stereocenters. The van der Waals surface area contributed by atoms with Gasteiger partial charge < -0.3 is 4.57 Å². The van der Waals surface area contributed by atoms with Crippen LogP contribution in [0.1, 0.15) is 40.4 Å². The van der Waals surface area contributed by atoms with Crippen molar-refractivity contribution in [3.63, 3.8) is 0 Å². The number of hydrogen-bond acceptors (Lipinski definition) is 4. The molecule has 4 rings (SSSR count). The number of hydrogen-bond donors (Lipinski definition) is 0. The molecule has 154 valence electrons. The van der Waals surface area contributed by atoms with Crippen molar-refractivity contribution in [2.45, 2.75) is 40.2 Å². The molecule has 0 aliphatic carbocycles. The minimum atomic E-state index is 0.00204. The number of nitrogens with zero attached hydrogens (tertiary/aromatic N) is 4. The van der Waals surface area contributed by atoms with Crippen LogP contribution in [0.3, 0.4) is 0 Å². The molecule has 30 heavy (non-hydrogen) atoms. The molecule has 0 unspecified atom stereocenters. The van der Waals surface area contributed by atoms with Crippen molar-refractivity contribution in [1.82, 2.24) is 14.5 Å². The summed E-state index contributed by atoms with van der Waals surface area (Å²) < 4.78 is 3.16. The van der Waals surface area contributed by atoms with Gasteiger partial charge in [-0.2, -0.15) is 0 Å². The Kier molecular flexibility index (Phi) is 5.95. The number of carbonyl (C=O) groups excluding carboxylic acids is 1. The Bertz CT molecular complexity index is 1140. The molecule has 0 aliphatic rings. The van der Waals surface area contributed by atoms with Crippen molar-refractivity contribution < 1.29 is 4.79 Å². The van der Waals surface area contributed by atoms with Crippen molar-refractivity contribution in [3.8, 4) is 0 Å². The lowest BCUT2D eigenvalue weighted by molar-refractivity contribution is 0.0986. The fraction of sp³-hybridized carbons (Fsp3) is 0.292. The van der Waals surface area contributed by atoms with E-state index in [9.17, 15) is 4.79 Å². The first kappa shape index (κ1) is 20.3. The Morgan fingerprint density at radius 3 is 2.63 bits per heavy atom. The van der Waals surface area contributed by atoms with Gasteiger partial charge in [-0.3, -0.25) is 9.69 Å². The maximum Gasteiger partial charge on any atom is 0.260 e. The van der Waals surface area contributed by atoms with Gasteiger partial charge in [0.15, 0.2) is 5.13 Å². The summed E-state index contributed by atoms with van der Waals surface area (Å²) in [6.07, 6.45) is 7.33. The zero-order valence-corrected chi connectivity index (χ0v) is 18.4. The number of fused-ring (bicyclic) bond motifs is 1. The minimum absolute atomic E-state index is 0.00204. The van der Waals surface area contributed by atoms with Gasteiger partial charge in [0.25, 0.3) is 5.91 Å². The number of aryl methyl sites for hydroxylation is 4. The zero-order chi connectivity index (χ0) is 21.1. The number of carbonyl (C=O) groups is 1. The van der Waals surface area contributed by atoms with Crippen molar-refractivity contribution >= 4 is 32.6 Å². The van der Waals surface area contributed by atoms with Crippen LogP contribution in [-0.2, 0) is 13.0 Å². The van der Waals surface area contributed by atoms with E-state index in [1.165, 1.54) is 5.56 Å². The molecule has 6 heteroatoms. The quantitative estimate of drug-likeness (QED) is 0.403. The van der Waals surface area contributed by atoms with Gasteiger partial charge in [-0.1, -0.05) is 41.5 Å². The normalized spacial score (nSPS) is 11.2. The molecule has 0 N–H and O–H groups in total. The van der Waals surface area contributed by atoms with Crippen LogP contribution in [0.4, 0.5) is 5.13 Å². The Balaban J connectivity index is 1.66. The van der Waals surface area contributed by atoms with Gasteiger partial charge in [-0.15, -0.1) is 0 Å². The van der Waals surface area contributed by atoms with Crippen LogP contribution in [0.25, 0.3) is 10.2 Å². The summed E-state index contributed by atoms with van der Waals surface area (Å²) in [5.74, 6) is 0.00204. The highest BCUT2D eigenvalue weighted by atomic mass is 32.1. The van der Waals surface area contributed by atoms with Crippen molar-refractivity contribution in [2.24, 2.45) is 0 Å². The highest BCUT2D eigenvalue weighted by molar-refractivity contribution is 7.22. The summed E-state index contributed by atoms with van der Waals surface area (Å²) in [7, 11) is 0. The van der Waals surface area contributed by atoms with Gasteiger partial charge in [-0.05, 0) is 56.5 Å². The number of amides is 1. The van der Waals surface area contributed by atoms with E-state index in [2.05, 4.69) is 36.2 Å². The van der Waals surface area contributed by atoms with E-state index in [0.717, 1.165) is 45.9 Å². The summed E-state index contributed by atoms with van der Waals surface area (Å²) in [5.41, 5.74) is 5.12. The van der Waals surface area contributed by atoms with Gasteiger partial charge in [0.1, 0.15) is 0 Å². The summed E-state index contributed by atoms with van der Waals surface area (Å²) in [4.78, 5) is 24.2. The third-order valence-corrected chi connectivity index (χ3v) is 6.19. The zero-order valence-electron chi connectivity index (χ0n) is 17.6. The number of imidazole rings is 1. The van der Waals surface area contributed by atoms with E-state index < -0.39 is 0 Å². The van der Waals surface area contributed by atoms with E-state index in [1.807, 2.05) is 41.6 Å². The second-order valence-corrected chi connectivity index (χ2v) is 8.65. The van der Waals surface area contributed by atoms with Gasteiger partial charge in [0, 0.05) is 31.0 Å². The monoisotopic (exact) mass is 418 g/mol. The van der Waals surface area contributed by atoms with Gasteiger partial charge in [-0.25, -0.2) is 9.97 Å². The highest BCUT2D eigenvalue weighted by Crippen LogP contribution is 2.31. The van der Waals surface area contributed by atoms with E-state index in [0.29, 0.717) is 12.1 Å². The number of anilines is 1. The summed E-state index contributed by atoms with van der Waals surface area (Å²) in [6.45, 7) is 7.61.